The summed E-state index contributed by atoms with van der Waals surface area (Å²) >= 11 is 4.40. The molecule has 0 aliphatic carbocycles. The fraction of sp³-hybridized carbons (Fsp3) is 0.200. The van der Waals surface area contributed by atoms with Crippen LogP contribution in [0.1, 0.15) is 13.8 Å². The lowest BCUT2D eigenvalue weighted by Gasteiger charge is -2.07. The van der Waals surface area contributed by atoms with Crippen LogP contribution in [0, 0.1) is 0 Å². The van der Waals surface area contributed by atoms with Gasteiger partial charge < -0.3 is 4.74 Å². The molecule has 146 valence electrons. The lowest BCUT2D eigenvalue weighted by atomic mass is 10.4. The van der Waals surface area contributed by atoms with E-state index in [1.165, 1.54) is 35.3 Å². The third kappa shape index (κ3) is 7.92. The maximum absolute atomic E-state index is 11.1. The maximum Gasteiger partial charge on any atom is 0.330 e. The van der Waals surface area contributed by atoms with Gasteiger partial charge in [-0.15, -0.1) is 0 Å². The highest BCUT2D eigenvalue weighted by atomic mass is 32.2. The SMILES string of the molecule is C=CC(=O)OCCSc1nc(SC(/C=C\C)=C/C)nc(Sc2ccccc2)n1. The highest BCUT2D eigenvalue weighted by molar-refractivity contribution is 8.03. The van der Waals surface area contributed by atoms with Crippen LogP contribution in [0.5, 0.6) is 0 Å². The van der Waals surface area contributed by atoms with E-state index in [1.807, 2.05) is 62.4 Å². The van der Waals surface area contributed by atoms with Gasteiger partial charge in [-0.1, -0.05) is 66.5 Å². The van der Waals surface area contributed by atoms with Crippen molar-refractivity contribution < 1.29 is 9.53 Å². The highest BCUT2D eigenvalue weighted by Crippen LogP contribution is 2.30. The summed E-state index contributed by atoms with van der Waals surface area (Å²) < 4.78 is 5.01. The molecule has 0 fully saturated rings. The molecule has 1 heterocycles. The van der Waals surface area contributed by atoms with Gasteiger partial charge in [-0.05, 0) is 37.7 Å². The van der Waals surface area contributed by atoms with Crippen LogP contribution in [-0.2, 0) is 9.53 Å². The Morgan fingerprint density at radius 2 is 1.82 bits per heavy atom. The van der Waals surface area contributed by atoms with Crippen molar-refractivity contribution >= 4 is 41.3 Å². The van der Waals surface area contributed by atoms with Gasteiger partial charge in [-0.25, -0.2) is 4.79 Å². The first-order valence-electron chi connectivity index (χ1n) is 8.52. The number of hydrogen-bond acceptors (Lipinski definition) is 8. The fourth-order valence-corrected chi connectivity index (χ4v) is 4.25. The van der Waals surface area contributed by atoms with E-state index in [4.69, 9.17) is 4.74 Å². The van der Waals surface area contributed by atoms with Gasteiger partial charge in [0.15, 0.2) is 15.5 Å². The van der Waals surface area contributed by atoms with E-state index < -0.39 is 5.97 Å². The first-order valence-corrected chi connectivity index (χ1v) is 11.1. The molecule has 0 aliphatic heterocycles. The summed E-state index contributed by atoms with van der Waals surface area (Å²) in [6.45, 7) is 7.60. The van der Waals surface area contributed by atoms with Gasteiger partial charge in [-0.2, -0.15) is 15.0 Å². The lowest BCUT2D eigenvalue weighted by Crippen LogP contribution is -2.04. The number of thioether (sulfide) groups is 2. The summed E-state index contributed by atoms with van der Waals surface area (Å²) in [7, 11) is 0. The summed E-state index contributed by atoms with van der Waals surface area (Å²) in [4.78, 5) is 26.9. The minimum atomic E-state index is -0.433. The summed E-state index contributed by atoms with van der Waals surface area (Å²) in [5.74, 6) is 0.117. The Labute approximate surface area is 178 Å². The molecular weight excluding hydrogens is 410 g/mol. The zero-order valence-electron chi connectivity index (χ0n) is 15.7. The summed E-state index contributed by atoms with van der Waals surface area (Å²) in [5.41, 5.74) is 0. The number of carbonyl (C=O) groups is 1. The Bertz CT molecular complexity index is 855. The van der Waals surface area contributed by atoms with Gasteiger partial charge >= 0.3 is 5.97 Å². The van der Waals surface area contributed by atoms with Crippen LogP contribution in [0.3, 0.4) is 0 Å². The molecular formula is C20H21N3O2S3. The number of rotatable bonds is 10. The molecule has 5 nitrogen and oxygen atoms in total. The van der Waals surface area contributed by atoms with Gasteiger partial charge in [0.2, 0.25) is 0 Å². The van der Waals surface area contributed by atoms with Crippen LogP contribution in [-0.4, -0.2) is 33.3 Å². The number of hydrogen-bond donors (Lipinski definition) is 0. The molecule has 0 saturated heterocycles. The van der Waals surface area contributed by atoms with Crippen LogP contribution in [0.4, 0.5) is 0 Å². The van der Waals surface area contributed by atoms with Gasteiger partial charge in [-0.3, -0.25) is 0 Å². The molecule has 8 heteroatoms. The summed E-state index contributed by atoms with van der Waals surface area (Å²) in [6, 6.07) is 9.96. The van der Waals surface area contributed by atoms with Crippen molar-refractivity contribution in [2.75, 3.05) is 12.4 Å². The van der Waals surface area contributed by atoms with Crippen molar-refractivity contribution in [3.05, 3.63) is 66.1 Å². The summed E-state index contributed by atoms with van der Waals surface area (Å²) in [6.07, 6.45) is 7.16. The van der Waals surface area contributed by atoms with Crippen molar-refractivity contribution in [1.82, 2.24) is 15.0 Å². The average molecular weight is 432 g/mol. The molecule has 1 aromatic carbocycles. The van der Waals surface area contributed by atoms with Crippen molar-refractivity contribution in [3.8, 4) is 0 Å². The smallest absolute Gasteiger partial charge is 0.330 e. The van der Waals surface area contributed by atoms with Crippen LogP contribution in [0.25, 0.3) is 0 Å². The van der Waals surface area contributed by atoms with E-state index in [2.05, 4.69) is 21.5 Å². The van der Waals surface area contributed by atoms with E-state index in [1.54, 1.807) is 0 Å². The van der Waals surface area contributed by atoms with Crippen LogP contribution < -0.4 is 0 Å². The van der Waals surface area contributed by atoms with E-state index in [0.717, 1.165) is 15.9 Å². The molecule has 0 atom stereocenters. The number of benzene rings is 1. The average Bonchev–Trinajstić information content (AvgIpc) is 2.71. The lowest BCUT2D eigenvalue weighted by molar-refractivity contribution is -0.137. The van der Waals surface area contributed by atoms with Gasteiger partial charge in [0.1, 0.15) is 6.61 Å². The third-order valence-corrected chi connectivity index (χ3v) is 5.73. The number of aromatic nitrogens is 3. The van der Waals surface area contributed by atoms with Crippen LogP contribution >= 0.6 is 35.3 Å². The largest absolute Gasteiger partial charge is 0.462 e. The molecule has 1 aromatic heterocycles. The minimum Gasteiger partial charge on any atom is -0.462 e. The molecule has 0 amide bonds. The topological polar surface area (TPSA) is 65.0 Å². The third-order valence-electron chi connectivity index (χ3n) is 3.08. The predicted octanol–water partition coefficient (Wildman–Crippen LogP) is 5.42. The molecule has 0 N–H and O–H groups in total. The zero-order valence-corrected chi connectivity index (χ0v) is 18.1. The number of allylic oxidation sites excluding steroid dienone is 3. The molecule has 0 spiro atoms. The van der Waals surface area contributed by atoms with Crippen LogP contribution in [0.2, 0.25) is 0 Å². The first-order chi connectivity index (χ1) is 13.6. The Balaban J connectivity index is 2.17. The quantitative estimate of drug-likeness (QED) is 0.162. The normalized spacial score (nSPS) is 11.6. The second-order valence-electron chi connectivity index (χ2n) is 5.11. The highest BCUT2D eigenvalue weighted by Gasteiger charge is 2.11. The number of carbonyl (C=O) groups excluding carboxylic acids is 1. The monoisotopic (exact) mass is 431 g/mol. The van der Waals surface area contributed by atoms with E-state index >= 15 is 0 Å². The maximum atomic E-state index is 11.1. The van der Waals surface area contributed by atoms with E-state index in [-0.39, 0.29) is 6.61 Å². The second-order valence-corrected chi connectivity index (χ2v) is 8.25. The van der Waals surface area contributed by atoms with E-state index in [0.29, 0.717) is 21.2 Å². The Kier molecular flexibility index (Phi) is 9.88. The predicted molar refractivity (Wildman–Crippen MR) is 117 cm³/mol. The second kappa shape index (κ2) is 12.4. The molecule has 2 rings (SSSR count). The zero-order chi connectivity index (χ0) is 20.2. The molecule has 0 aliphatic rings. The van der Waals surface area contributed by atoms with E-state index in [9.17, 15) is 4.79 Å². The number of nitrogens with zero attached hydrogens (tertiary/aromatic N) is 3. The van der Waals surface area contributed by atoms with Crippen molar-refractivity contribution in [3.63, 3.8) is 0 Å². The Morgan fingerprint density at radius 1 is 1.11 bits per heavy atom. The number of ether oxygens (including phenoxy) is 1. The van der Waals surface area contributed by atoms with Crippen LogP contribution in [0.15, 0.2) is 86.5 Å². The molecule has 28 heavy (non-hydrogen) atoms. The fourth-order valence-electron chi connectivity index (χ4n) is 1.86. The van der Waals surface area contributed by atoms with Crippen molar-refractivity contribution in [1.29, 1.82) is 0 Å². The molecule has 2 aromatic rings. The van der Waals surface area contributed by atoms with Gasteiger partial charge in [0.05, 0.1) is 0 Å². The molecule has 0 saturated carbocycles. The van der Waals surface area contributed by atoms with Crippen molar-refractivity contribution in [2.24, 2.45) is 0 Å². The Morgan fingerprint density at radius 3 is 2.50 bits per heavy atom. The standard InChI is InChI=1S/C20H21N3O2S3/c1-4-10-15(5-2)27-19-21-18(26-14-13-25-17(24)6-3)22-20(23-19)28-16-11-8-7-9-12-16/h4-12H,3,13-14H2,1-2H3/b10-4-,15-5+. The first kappa shape index (κ1) is 22.3. The number of esters is 1. The van der Waals surface area contributed by atoms with Gasteiger partial charge in [0.25, 0.3) is 0 Å². The van der Waals surface area contributed by atoms with Gasteiger partial charge in [0, 0.05) is 21.6 Å². The molecule has 0 radical (unpaired) electrons. The summed E-state index contributed by atoms with van der Waals surface area (Å²) in [5, 5.41) is 1.86. The Hall–Kier alpha value is -2.03. The minimum absolute atomic E-state index is 0.267. The van der Waals surface area contributed by atoms with Crippen molar-refractivity contribution in [2.45, 2.75) is 34.2 Å². The molecule has 0 bridgehead atoms. The molecule has 0 unspecified atom stereocenters.